The van der Waals surface area contributed by atoms with E-state index in [1.165, 1.54) is 6.92 Å². The molecule has 0 N–H and O–H groups in total. The van der Waals surface area contributed by atoms with Crippen LogP contribution in [0.15, 0.2) is 0 Å². The zero-order valence-electron chi connectivity index (χ0n) is 5.30. The Hall–Kier alpha value is 0.597. The molecule has 2 atom stereocenters. The van der Waals surface area contributed by atoms with Crippen molar-refractivity contribution in [2.45, 2.75) is 13.0 Å². The van der Waals surface area contributed by atoms with Crippen LogP contribution >= 0.6 is 0 Å². The molecule has 0 radical (unpaired) electrons. The molecule has 0 amide bonds. The Labute approximate surface area is 67.6 Å². The molecule has 9 heavy (non-hydrogen) atoms. The van der Waals surface area contributed by atoms with Crippen LogP contribution in [-0.4, -0.2) is 21.5 Å². The smallest absolute Gasteiger partial charge is 0.750 e. The monoisotopic (exact) mass is 148 g/mol. The molecular formula is C3H6FLiO3S. The van der Waals surface area contributed by atoms with Gasteiger partial charge < -0.3 is 4.55 Å². The fourth-order valence-corrected chi connectivity index (χ4v) is 0.480. The van der Waals surface area contributed by atoms with Crippen LogP contribution < -0.4 is 18.9 Å². The van der Waals surface area contributed by atoms with E-state index in [0.717, 1.165) is 0 Å². The summed E-state index contributed by atoms with van der Waals surface area (Å²) in [6, 6.07) is 0. The third-order valence-electron chi connectivity index (χ3n) is 0.460. The fourth-order valence-electron chi connectivity index (χ4n) is 0.160. The minimum Gasteiger partial charge on any atom is -0.750 e. The summed E-state index contributed by atoms with van der Waals surface area (Å²) in [6.45, 7) is 0.545. The van der Waals surface area contributed by atoms with Gasteiger partial charge in [0.15, 0.2) is 0 Å². The van der Waals surface area contributed by atoms with Gasteiger partial charge in [-0.05, 0) is 6.92 Å². The van der Waals surface area contributed by atoms with Gasteiger partial charge in [0, 0.05) is 0 Å². The largest absolute Gasteiger partial charge is 1.00 e. The van der Waals surface area contributed by atoms with Crippen LogP contribution in [0.2, 0.25) is 0 Å². The van der Waals surface area contributed by atoms with Crippen LogP contribution in [0.4, 0.5) is 4.39 Å². The maximum atomic E-state index is 11.3. The van der Waals surface area contributed by atoms with E-state index in [1.54, 1.807) is 0 Å². The van der Waals surface area contributed by atoms with Crippen molar-refractivity contribution in [3.63, 3.8) is 0 Å². The standard InChI is InChI=1S/C3H7FO3S.Li/c1-3(2-4)7-8(5)6;/h3H,2H2,1H3,(H,5,6);/q;+1/p-1. The first-order valence-corrected chi connectivity index (χ1v) is 2.99. The van der Waals surface area contributed by atoms with Crippen LogP contribution in [0.5, 0.6) is 0 Å². The average molecular weight is 148 g/mol. The second kappa shape index (κ2) is 6.71. The molecule has 0 fully saturated rings. The van der Waals surface area contributed by atoms with Gasteiger partial charge in [-0.2, -0.15) is 0 Å². The molecule has 0 rings (SSSR count). The Balaban J connectivity index is 0. The minimum absolute atomic E-state index is 0. The molecular weight excluding hydrogens is 142 g/mol. The second-order valence-corrected chi connectivity index (χ2v) is 1.87. The summed E-state index contributed by atoms with van der Waals surface area (Å²) in [5.41, 5.74) is 0. The molecule has 0 aliphatic carbocycles. The van der Waals surface area contributed by atoms with Crippen molar-refractivity contribution in [2.24, 2.45) is 0 Å². The summed E-state index contributed by atoms with van der Waals surface area (Å²) in [4.78, 5) is 0. The van der Waals surface area contributed by atoms with Crippen molar-refractivity contribution in [3.05, 3.63) is 0 Å². The van der Waals surface area contributed by atoms with Crippen LogP contribution in [0, 0.1) is 0 Å². The van der Waals surface area contributed by atoms with E-state index in [2.05, 4.69) is 4.18 Å². The summed E-state index contributed by atoms with van der Waals surface area (Å²) in [7, 11) is 0. The van der Waals surface area contributed by atoms with Crippen LogP contribution in [0.1, 0.15) is 6.92 Å². The minimum atomic E-state index is -2.59. The SMILES string of the molecule is CC(CF)OS(=O)[O-].[Li+]. The summed E-state index contributed by atoms with van der Waals surface area (Å²) in [6.07, 6.45) is -0.853. The van der Waals surface area contributed by atoms with E-state index >= 15 is 0 Å². The van der Waals surface area contributed by atoms with Gasteiger partial charge in [0.1, 0.15) is 6.67 Å². The first kappa shape index (κ1) is 12.3. The van der Waals surface area contributed by atoms with Crippen molar-refractivity contribution in [1.29, 1.82) is 0 Å². The summed E-state index contributed by atoms with van der Waals surface area (Å²) in [5.74, 6) is 0. The summed E-state index contributed by atoms with van der Waals surface area (Å²) >= 11 is -2.59. The Morgan fingerprint density at radius 2 is 2.33 bits per heavy atom. The molecule has 0 saturated carbocycles. The van der Waals surface area contributed by atoms with Crippen molar-refractivity contribution in [3.8, 4) is 0 Å². The fraction of sp³-hybridized carbons (Fsp3) is 1.00. The number of halogens is 1. The van der Waals surface area contributed by atoms with Gasteiger partial charge in [-0.1, -0.05) is 0 Å². The van der Waals surface area contributed by atoms with E-state index in [1.807, 2.05) is 0 Å². The molecule has 0 aromatic carbocycles. The van der Waals surface area contributed by atoms with Crippen molar-refractivity contribution in [1.82, 2.24) is 0 Å². The van der Waals surface area contributed by atoms with E-state index in [0.29, 0.717) is 0 Å². The molecule has 6 heteroatoms. The van der Waals surface area contributed by atoms with Crippen molar-refractivity contribution < 1.29 is 36.2 Å². The molecule has 3 nitrogen and oxygen atoms in total. The third kappa shape index (κ3) is 8.60. The van der Waals surface area contributed by atoms with Gasteiger partial charge in [0.2, 0.25) is 0 Å². The van der Waals surface area contributed by atoms with Crippen molar-refractivity contribution in [2.75, 3.05) is 6.67 Å². The van der Waals surface area contributed by atoms with Gasteiger partial charge >= 0.3 is 18.9 Å². The Morgan fingerprint density at radius 1 is 1.89 bits per heavy atom. The van der Waals surface area contributed by atoms with Gasteiger partial charge in [0.25, 0.3) is 0 Å². The summed E-state index contributed by atoms with van der Waals surface area (Å²) in [5, 5.41) is 0. The number of rotatable bonds is 3. The van der Waals surface area contributed by atoms with E-state index in [-0.39, 0.29) is 18.9 Å². The molecule has 0 heterocycles. The first-order valence-electron chi connectivity index (χ1n) is 1.99. The van der Waals surface area contributed by atoms with Crippen LogP contribution in [0.25, 0.3) is 0 Å². The normalized spacial score (nSPS) is 15.9. The molecule has 0 bridgehead atoms. The first-order chi connectivity index (χ1) is 3.66. The molecule has 0 spiro atoms. The molecule has 0 aliphatic heterocycles. The van der Waals surface area contributed by atoms with Gasteiger partial charge in [-0.15, -0.1) is 0 Å². The topological polar surface area (TPSA) is 49.4 Å². The predicted octanol–water partition coefficient (Wildman–Crippen LogP) is -2.84. The maximum absolute atomic E-state index is 11.3. The summed E-state index contributed by atoms with van der Waals surface area (Å²) < 4.78 is 34.4. The Bertz CT molecular complexity index is 91.1. The molecule has 2 unspecified atom stereocenters. The second-order valence-electron chi connectivity index (χ2n) is 1.27. The van der Waals surface area contributed by atoms with Gasteiger partial charge in [0.05, 0.1) is 17.5 Å². The molecule has 50 valence electrons. The maximum Gasteiger partial charge on any atom is 1.00 e. The molecule has 0 aliphatic rings. The van der Waals surface area contributed by atoms with E-state index < -0.39 is 24.1 Å². The van der Waals surface area contributed by atoms with E-state index in [9.17, 15) is 13.2 Å². The van der Waals surface area contributed by atoms with Gasteiger partial charge in [-0.25, -0.2) is 8.60 Å². The predicted molar refractivity (Wildman–Crippen MR) is 25.4 cm³/mol. The third-order valence-corrected chi connectivity index (χ3v) is 0.946. The van der Waals surface area contributed by atoms with Crippen LogP contribution in [0.3, 0.4) is 0 Å². The molecule has 0 aromatic heterocycles. The van der Waals surface area contributed by atoms with Gasteiger partial charge in [-0.3, -0.25) is 4.18 Å². The zero-order chi connectivity index (χ0) is 6.57. The van der Waals surface area contributed by atoms with Crippen LogP contribution in [-0.2, 0) is 15.5 Å². The van der Waals surface area contributed by atoms with E-state index in [4.69, 9.17) is 0 Å². The Morgan fingerprint density at radius 3 is 2.44 bits per heavy atom. The quantitative estimate of drug-likeness (QED) is 0.320. The average Bonchev–Trinajstić information content (AvgIpc) is 1.65. The number of alkyl halides is 1. The molecule has 0 saturated heterocycles. The number of hydrogen-bond acceptors (Lipinski definition) is 3. The Kier molecular flexibility index (Phi) is 9.17. The molecule has 0 aromatic rings. The number of hydrogen-bond donors (Lipinski definition) is 0. The van der Waals surface area contributed by atoms with Crippen molar-refractivity contribution >= 4 is 11.4 Å². The zero-order valence-corrected chi connectivity index (χ0v) is 6.11.